The van der Waals surface area contributed by atoms with Crippen molar-refractivity contribution in [3.63, 3.8) is 0 Å². The average molecular weight is 427 g/mol. The Morgan fingerprint density at radius 3 is 2.73 bits per heavy atom. The molecule has 156 valence electrons. The topological polar surface area (TPSA) is 132 Å². The van der Waals surface area contributed by atoms with E-state index in [1.807, 2.05) is 6.07 Å². The molecule has 1 aliphatic heterocycles. The van der Waals surface area contributed by atoms with Crippen molar-refractivity contribution in [2.45, 2.75) is 42.5 Å². The molecule has 3 aromatic rings. The number of sulfonamides is 1. The third-order valence-corrected chi connectivity index (χ3v) is 6.94. The first kappa shape index (κ1) is 19.0. The number of carbonyl (C=O) groups excluding carboxylic acids is 1. The molecule has 1 aromatic carbocycles. The first-order valence-corrected chi connectivity index (χ1v) is 11.5. The van der Waals surface area contributed by atoms with E-state index in [-0.39, 0.29) is 16.3 Å². The van der Waals surface area contributed by atoms with Crippen molar-refractivity contribution in [2.75, 3.05) is 11.9 Å². The van der Waals surface area contributed by atoms with Crippen LogP contribution in [-0.4, -0.2) is 35.4 Å². The summed E-state index contributed by atoms with van der Waals surface area (Å²) in [5.74, 6) is 0.228. The molecule has 0 bridgehead atoms. The fraction of sp³-hybridized carbons (Fsp3) is 0.350. The van der Waals surface area contributed by atoms with Gasteiger partial charge in [0.15, 0.2) is 0 Å². The highest BCUT2D eigenvalue weighted by atomic mass is 32.2. The Balaban J connectivity index is 1.58. The number of nitrogens with two attached hydrogens (primary N) is 1. The molecule has 0 saturated heterocycles. The van der Waals surface area contributed by atoms with E-state index in [0.717, 1.165) is 31.1 Å². The molecule has 1 amide bonds. The van der Waals surface area contributed by atoms with Crippen LogP contribution in [0.2, 0.25) is 0 Å². The molecule has 9 nitrogen and oxygen atoms in total. The fourth-order valence-corrected chi connectivity index (χ4v) is 5.16. The van der Waals surface area contributed by atoms with Crippen LogP contribution in [0.3, 0.4) is 0 Å². The molecule has 5 rings (SSSR count). The van der Waals surface area contributed by atoms with Gasteiger partial charge in [-0.15, -0.1) is 0 Å². The maximum absolute atomic E-state index is 12.5. The molecule has 0 unspecified atom stereocenters. The first-order chi connectivity index (χ1) is 14.4. The van der Waals surface area contributed by atoms with E-state index in [2.05, 4.69) is 20.2 Å². The largest absolute Gasteiger partial charge is 0.348 e. The standard InChI is InChI=1S/C20H22N6O3S/c21-30(28,29)15-6-4-5-14(10-15)24-19-22-11-13-9-16-18(27)23-12-20(7-2-1-3-8-20)26(16)17(13)25-19/h4-6,9-11H,1-3,7-8,12H2,(H,23,27)(H2,21,28,29)(H,22,24,25). The van der Waals surface area contributed by atoms with Crippen molar-refractivity contribution < 1.29 is 13.2 Å². The monoisotopic (exact) mass is 426 g/mol. The zero-order valence-electron chi connectivity index (χ0n) is 16.3. The third kappa shape index (κ3) is 3.12. The van der Waals surface area contributed by atoms with Gasteiger partial charge >= 0.3 is 0 Å². The molecule has 0 atom stereocenters. The highest BCUT2D eigenvalue weighted by Crippen LogP contribution is 2.40. The number of nitrogens with one attached hydrogen (secondary N) is 2. The maximum Gasteiger partial charge on any atom is 0.268 e. The normalized spacial score (nSPS) is 18.2. The van der Waals surface area contributed by atoms with Crippen LogP contribution in [0, 0.1) is 0 Å². The van der Waals surface area contributed by atoms with E-state index in [9.17, 15) is 13.2 Å². The summed E-state index contributed by atoms with van der Waals surface area (Å²) >= 11 is 0. The van der Waals surface area contributed by atoms with Crippen molar-refractivity contribution in [1.29, 1.82) is 0 Å². The van der Waals surface area contributed by atoms with Crippen LogP contribution in [-0.2, 0) is 15.6 Å². The van der Waals surface area contributed by atoms with Gasteiger partial charge in [-0.1, -0.05) is 25.3 Å². The number of primary sulfonamides is 1. The number of benzene rings is 1. The van der Waals surface area contributed by atoms with Crippen LogP contribution in [0.15, 0.2) is 41.4 Å². The van der Waals surface area contributed by atoms with Crippen LogP contribution in [0.4, 0.5) is 11.6 Å². The first-order valence-electron chi connectivity index (χ1n) is 9.93. The summed E-state index contributed by atoms with van der Waals surface area (Å²) in [6.07, 6.45) is 7.10. The van der Waals surface area contributed by atoms with Gasteiger partial charge in [0, 0.05) is 23.8 Å². The van der Waals surface area contributed by atoms with Gasteiger partial charge in [0.05, 0.1) is 10.4 Å². The number of nitrogens with zero attached hydrogens (tertiary/aromatic N) is 3. The van der Waals surface area contributed by atoms with Gasteiger partial charge in [0.1, 0.15) is 11.3 Å². The summed E-state index contributed by atoms with van der Waals surface area (Å²) in [5.41, 5.74) is 1.67. The van der Waals surface area contributed by atoms with E-state index in [0.29, 0.717) is 29.5 Å². The number of anilines is 2. The quantitative estimate of drug-likeness (QED) is 0.588. The van der Waals surface area contributed by atoms with Gasteiger partial charge < -0.3 is 15.2 Å². The predicted molar refractivity (Wildman–Crippen MR) is 112 cm³/mol. The second-order valence-corrected chi connectivity index (χ2v) is 9.56. The summed E-state index contributed by atoms with van der Waals surface area (Å²) in [5, 5.41) is 12.1. The number of carbonyl (C=O) groups is 1. The minimum absolute atomic E-state index is 0.00599. The minimum atomic E-state index is -3.81. The van der Waals surface area contributed by atoms with Crippen molar-refractivity contribution in [3.8, 4) is 0 Å². The van der Waals surface area contributed by atoms with E-state index in [4.69, 9.17) is 10.1 Å². The SMILES string of the molecule is NS(=O)(=O)c1cccc(Nc2ncc3cc4n(c3n2)C2(CCCCC2)CNC4=O)c1. The zero-order valence-corrected chi connectivity index (χ0v) is 17.1. The third-order valence-electron chi connectivity index (χ3n) is 6.03. The number of hydrogen-bond acceptors (Lipinski definition) is 6. The Kier molecular flexibility index (Phi) is 4.30. The number of fused-ring (bicyclic) bond motifs is 4. The molecule has 2 aromatic heterocycles. The van der Waals surface area contributed by atoms with Gasteiger partial charge in [-0.25, -0.2) is 18.5 Å². The van der Waals surface area contributed by atoms with Crippen molar-refractivity contribution in [2.24, 2.45) is 5.14 Å². The highest BCUT2D eigenvalue weighted by molar-refractivity contribution is 7.89. The summed E-state index contributed by atoms with van der Waals surface area (Å²) in [6, 6.07) is 8.02. The number of rotatable bonds is 3. The van der Waals surface area contributed by atoms with Crippen molar-refractivity contribution in [1.82, 2.24) is 19.9 Å². The average Bonchev–Trinajstić information content (AvgIpc) is 3.12. The van der Waals surface area contributed by atoms with Gasteiger partial charge in [-0.2, -0.15) is 4.98 Å². The van der Waals surface area contributed by atoms with Gasteiger partial charge in [0.2, 0.25) is 16.0 Å². The molecule has 2 aliphatic rings. The Bertz CT molecular complexity index is 1260. The van der Waals surface area contributed by atoms with E-state index in [1.54, 1.807) is 18.3 Å². The Morgan fingerprint density at radius 2 is 1.97 bits per heavy atom. The molecule has 4 N–H and O–H groups in total. The lowest BCUT2D eigenvalue weighted by Gasteiger charge is -2.42. The zero-order chi connectivity index (χ0) is 20.9. The smallest absolute Gasteiger partial charge is 0.268 e. The number of aromatic nitrogens is 3. The fourth-order valence-electron chi connectivity index (χ4n) is 4.60. The molecule has 1 spiro atoms. The molecule has 0 radical (unpaired) electrons. The minimum Gasteiger partial charge on any atom is -0.348 e. The highest BCUT2D eigenvalue weighted by Gasteiger charge is 2.41. The Labute approximate surface area is 173 Å². The van der Waals surface area contributed by atoms with E-state index in [1.165, 1.54) is 18.6 Å². The Morgan fingerprint density at radius 1 is 1.17 bits per heavy atom. The number of hydrogen-bond donors (Lipinski definition) is 3. The van der Waals surface area contributed by atoms with E-state index >= 15 is 0 Å². The molecule has 30 heavy (non-hydrogen) atoms. The molecule has 3 heterocycles. The van der Waals surface area contributed by atoms with Crippen LogP contribution in [0.1, 0.15) is 42.6 Å². The van der Waals surface area contributed by atoms with E-state index < -0.39 is 10.0 Å². The van der Waals surface area contributed by atoms with Crippen LogP contribution in [0.25, 0.3) is 11.0 Å². The maximum atomic E-state index is 12.5. The van der Waals surface area contributed by atoms with Gasteiger partial charge in [-0.3, -0.25) is 4.79 Å². The summed E-state index contributed by atoms with van der Waals surface area (Å²) < 4.78 is 25.3. The lowest BCUT2D eigenvalue weighted by molar-refractivity contribution is 0.0833. The summed E-state index contributed by atoms with van der Waals surface area (Å²) in [6.45, 7) is 0.603. The molecule has 1 fully saturated rings. The molecule has 1 aliphatic carbocycles. The van der Waals surface area contributed by atoms with Crippen LogP contribution in [0.5, 0.6) is 0 Å². The van der Waals surface area contributed by atoms with Crippen molar-refractivity contribution in [3.05, 3.63) is 42.2 Å². The second kappa shape index (κ2) is 6.78. The Hall–Kier alpha value is -2.98. The molecular weight excluding hydrogens is 404 g/mol. The number of amides is 1. The van der Waals surface area contributed by atoms with Crippen LogP contribution >= 0.6 is 0 Å². The summed E-state index contributed by atoms with van der Waals surface area (Å²) in [7, 11) is -3.81. The lowest BCUT2D eigenvalue weighted by Crippen LogP contribution is -2.52. The predicted octanol–water partition coefficient (Wildman–Crippen LogP) is 2.23. The second-order valence-electron chi connectivity index (χ2n) is 8.00. The van der Waals surface area contributed by atoms with Crippen LogP contribution < -0.4 is 15.8 Å². The van der Waals surface area contributed by atoms with Gasteiger partial charge in [-0.05, 0) is 37.1 Å². The molecule has 10 heteroatoms. The van der Waals surface area contributed by atoms with Crippen molar-refractivity contribution >= 4 is 38.6 Å². The van der Waals surface area contributed by atoms with Gasteiger partial charge in [0.25, 0.3) is 5.91 Å². The molecule has 1 saturated carbocycles. The summed E-state index contributed by atoms with van der Waals surface area (Å²) in [4.78, 5) is 21.6. The molecular formula is C20H22N6O3S. The lowest BCUT2D eigenvalue weighted by atomic mass is 9.80.